The monoisotopic (exact) mass is 254 g/mol. The Hall–Kier alpha value is -1.87. The lowest BCUT2D eigenvalue weighted by molar-refractivity contribution is -0.126. The van der Waals surface area contributed by atoms with Crippen LogP contribution >= 0.6 is 0 Å². The largest absolute Gasteiger partial charge is 0.293 e. The molecule has 2 aromatic rings. The molecule has 0 bridgehead atoms. The number of rotatable bonds is 2. The third kappa shape index (κ3) is 1.90. The molecule has 19 heavy (non-hydrogen) atoms. The van der Waals surface area contributed by atoms with Gasteiger partial charge in [0.15, 0.2) is 0 Å². The highest BCUT2D eigenvalue weighted by Gasteiger charge is 2.42. The molecule has 0 aliphatic heterocycles. The molecule has 0 radical (unpaired) electrons. The van der Waals surface area contributed by atoms with E-state index in [-0.39, 0.29) is 5.91 Å². The van der Waals surface area contributed by atoms with Crippen LogP contribution in [0.3, 0.4) is 0 Å². The summed E-state index contributed by atoms with van der Waals surface area (Å²) >= 11 is 0. The Morgan fingerprint density at radius 2 is 1.74 bits per heavy atom. The van der Waals surface area contributed by atoms with Gasteiger partial charge in [-0.2, -0.15) is 0 Å². The predicted molar refractivity (Wildman–Crippen MR) is 76.4 cm³/mol. The molecule has 3 heteroatoms. The molecule has 0 heterocycles. The number of amides is 1. The van der Waals surface area contributed by atoms with E-state index in [2.05, 4.69) is 35.8 Å². The molecule has 0 aromatic heterocycles. The van der Waals surface area contributed by atoms with Crippen LogP contribution in [-0.4, -0.2) is 5.91 Å². The first kappa shape index (κ1) is 12.2. The Morgan fingerprint density at radius 3 is 2.42 bits per heavy atom. The van der Waals surface area contributed by atoms with E-state index in [0.717, 1.165) is 31.2 Å². The second kappa shape index (κ2) is 4.67. The first-order chi connectivity index (χ1) is 9.26. The molecular weight excluding hydrogens is 236 g/mol. The summed E-state index contributed by atoms with van der Waals surface area (Å²) in [5.41, 5.74) is 3.01. The predicted octanol–water partition coefficient (Wildman–Crippen LogP) is 2.64. The van der Waals surface area contributed by atoms with Gasteiger partial charge in [-0.1, -0.05) is 55.3 Å². The lowest BCUT2D eigenvalue weighted by atomic mass is 9.77. The number of hydrazine groups is 1. The molecule has 1 amide bonds. The number of nitrogens with two attached hydrogens (primary N) is 1. The van der Waals surface area contributed by atoms with Crippen LogP contribution in [0.1, 0.15) is 31.2 Å². The van der Waals surface area contributed by atoms with Crippen molar-refractivity contribution in [2.75, 3.05) is 0 Å². The molecule has 0 saturated heterocycles. The summed E-state index contributed by atoms with van der Waals surface area (Å²) in [5.74, 6) is 5.33. The Labute approximate surface area is 112 Å². The van der Waals surface area contributed by atoms with Crippen molar-refractivity contribution in [3.05, 3.63) is 48.0 Å². The summed E-state index contributed by atoms with van der Waals surface area (Å²) in [4.78, 5) is 12.2. The number of carbonyl (C=O) groups is 1. The summed E-state index contributed by atoms with van der Waals surface area (Å²) in [6, 6.07) is 14.5. The van der Waals surface area contributed by atoms with Crippen LogP contribution < -0.4 is 11.3 Å². The van der Waals surface area contributed by atoms with Gasteiger partial charge in [0, 0.05) is 0 Å². The molecule has 1 saturated carbocycles. The van der Waals surface area contributed by atoms with Crippen LogP contribution in [0.25, 0.3) is 10.8 Å². The van der Waals surface area contributed by atoms with Crippen LogP contribution in [0.4, 0.5) is 0 Å². The third-order valence-corrected chi connectivity index (χ3v) is 4.32. The molecular formula is C16H18N2O. The van der Waals surface area contributed by atoms with Gasteiger partial charge in [0.2, 0.25) is 5.91 Å². The van der Waals surface area contributed by atoms with Gasteiger partial charge in [-0.3, -0.25) is 10.2 Å². The molecule has 0 unspecified atom stereocenters. The Morgan fingerprint density at radius 1 is 1.05 bits per heavy atom. The van der Waals surface area contributed by atoms with Crippen molar-refractivity contribution < 1.29 is 4.79 Å². The number of hydrogen-bond acceptors (Lipinski definition) is 2. The fourth-order valence-corrected chi connectivity index (χ4v) is 3.25. The van der Waals surface area contributed by atoms with Gasteiger partial charge in [-0.15, -0.1) is 0 Å². The van der Waals surface area contributed by atoms with Gasteiger partial charge in [-0.05, 0) is 29.2 Å². The Kier molecular flexibility index (Phi) is 2.99. The zero-order valence-electron chi connectivity index (χ0n) is 10.9. The van der Waals surface area contributed by atoms with E-state index in [1.807, 2.05) is 12.1 Å². The summed E-state index contributed by atoms with van der Waals surface area (Å²) in [5, 5.41) is 2.38. The molecule has 0 spiro atoms. The van der Waals surface area contributed by atoms with E-state index in [0.29, 0.717) is 0 Å². The van der Waals surface area contributed by atoms with E-state index in [1.54, 1.807) is 0 Å². The highest BCUT2D eigenvalue weighted by molar-refractivity contribution is 5.91. The summed E-state index contributed by atoms with van der Waals surface area (Å²) in [6.45, 7) is 0. The molecule has 98 valence electrons. The normalized spacial score (nSPS) is 17.5. The molecule has 3 rings (SSSR count). The van der Waals surface area contributed by atoms with Crippen LogP contribution in [0.5, 0.6) is 0 Å². The van der Waals surface area contributed by atoms with Gasteiger partial charge in [0.25, 0.3) is 0 Å². The van der Waals surface area contributed by atoms with Gasteiger partial charge < -0.3 is 0 Å². The van der Waals surface area contributed by atoms with Gasteiger partial charge in [-0.25, -0.2) is 5.84 Å². The molecule has 1 aliphatic rings. The molecule has 1 fully saturated rings. The van der Waals surface area contributed by atoms with Crippen molar-refractivity contribution >= 4 is 16.7 Å². The average molecular weight is 254 g/mol. The minimum Gasteiger partial charge on any atom is -0.293 e. The number of nitrogens with one attached hydrogen (secondary N) is 1. The van der Waals surface area contributed by atoms with Gasteiger partial charge in [0.05, 0.1) is 5.41 Å². The summed E-state index contributed by atoms with van der Waals surface area (Å²) in [7, 11) is 0. The lowest BCUT2D eigenvalue weighted by Gasteiger charge is -2.27. The van der Waals surface area contributed by atoms with Crippen molar-refractivity contribution in [1.29, 1.82) is 0 Å². The van der Waals surface area contributed by atoms with E-state index < -0.39 is 5.41 Å². The Bertz CT molecular complexity index is 615. The highest BCUT2D eigenvalue weighted by atomic mass is 16.2. The lowest BCUT2D eigenvalue weighted by Crippen LogP contribution is -2.45. The van der Waals surface area contributed by atoms with E-state index in [4.69, 9.17) is 5.84 Å². The Balaban J connectivity index is 2.13. The molecule has 2 aromatic carbocycles. The smallest absolute Gasteiger partial charge is 0.244 e. The van der Waals surface area contributed by atoms with Crippen molar-refractivity contribution in [3.63, 3.8) is 0 Å². The first-order valence-corrected chi connectivity index (χ1v) is 6.77. The zero-order chi connectivity index (χ0) is 13.3. The standard InChI is InChI=1S/C16H18N2O/c17-18-15(19)16(9-3-4-10-16)14-8-7-12-5-1-2-6-13(12)11-14/h1-2,5-8,11H,3-4,9-10,17H2,(H,18,19). The van der Waals surface area contributed by atoms with Crippen molar-refractivity contribution in [3.8, 4) is 0 Å². The molecule has 0 atom stereocenters. The van der Waals surface area contributed by atoms with Gasteiger partial charge >= 0.3 is 0 Å². The molecule has 3 N–H and O–H groups in total. The summed E-state index contributed by atoms with van der Waals surface area (Å²) in [6.07, 6.45) is 3.93. The second-order valence-electron chi connectivity index (χ2n) is 5.32. The number of benzene rings is 2. The quantitative estimate of drug-likeness (QED) is 0.492. The zero-order valence-corrected chi connectivity index (χ0v) is 10.9. The fraction of sp³-hybridized carbons (Fsp3) is 0.312. The van der Waals surface area contributed by atoms with Crippen LogP contribution in [0, 0.1) is 0 Å². The summed E-state index contributed by atoms with van der Waals surface area (Å²) < 4.78 is 0. The fourth-order valence-electron chi connectivity index (χ4n) is 3.25. The maximum Gasteiger partial charge on any atom is 0.244 e. The maximum atomic E-state index is 12.2. The molecule has 3 nitrogen and oxygen atoms in total. The number of hydrogen-bond donors (Lipinski definition) is 2. The van der Waals surface area contributed by atoms with E-state index in [1.165, 1.54) is 10.8 Å². The first-order valence-electron chi connectivity index (χ1n) is 6.77. The van der Waals surface area contributed by atoms with E-state index >= 15 is 0 Å². The minimum absolute atomic E-state index is 0.0553. The van der Waals surface area contributed by atoms with Crippen LogP contribution in [-0.2, 0) is 10.2 Å². The van der Waals surface area contributed by atoms with Crippen molar-refractivity contribution in [2.24, 2.45) is 5.84 Å². The minimum atomic E-state index is -0.432. The number of carbonyl (C=O) groups excluding carboxylic acids is 1. The van der Waals surface area contributed by atoms with Crippen molar-refractivity contribution in [1.82, 2.24) is 5.43 Å². The number of fused-ring (bicyclic) bond motifs is 1. The third-order valence-electron chi connectivity index (χ3n) is 4.32. The highest BCUT2D eigenvalue weighted by Crippen LogP contribution is 2.42. The molecule has 1 aliphatic carbocycles. The second-order valence-corrected chi connectivity index (χ2v) is 5.32. The van der Waals surface area contributed by atoms with Crippen LogP contribution in [0.15, 0.2) is 42.5 Å². The topological polar surface area (TPSA) is 55.1 Å². The SMILES string of the molecule is NNC(=O)C1(c2ccc3ccccc3c2)CCCC1. The van der Waals surface area contributed by atoms with Gasteiger partial charge in [0.1, 0.15) is 0 Å². The average Bonchev–Trinajstić information content (AvgIpc) is 2.96. The van der Waals surface area contributed by atoms with E-state index in [9.17, 15) is 4.79 Å². The van der Waals surface area contributed by atoms with Crippen molar-refractivity contribution in [2.45, 2.75) is 31.1 Å². The maximum absolute atomic E-state index is 12.2. The van der Waals surface area contributed by atoms with Crippen LogP contribution in [0.2, 0.25) is 0 Å².